The number of nitriles is 1. The molecule has 100 valence electrons. The summed E-state index contributed by atoms with van der Waals surface area (Å²) in [5, 5.41) is 8.97. The molecule has 0 bridgehead atoms. The van der Waals surface area contributed by atoms with E-state index < -0.39 is 0 Å². The fourth-order valence-electron chi connectivity index (χ4n) is 1.74. The number of methoxy groups -OCH3 is 1. The average Bonchev–Trinajstić information content (AvgIpc) is 2.47. The van der Waals surface area contributed by atoms with Crippen molar-refractivity contribution >= 4 is 17.5 Å². The molecule has 0 atom stereocenters. The van der Waals surface area contributed by atoms with Crippen LogP contribution in [-0.2, 0) is 0 Å². The molecule has 4 heteroatoms. The molecule has 0 unspecified atom stereocenters. The second-order valence-electron chi connectivity index (χ2n) is 4.16. The van der Waals surface area contributed by atoms with Gasteiger partial charge in [0.2, 0.25) is 0 Å². The molecule has 0 aliphatic carbocycles. The Bertz CT molecular complexity index is 672. The van der Waals surface area contributed by atoms with E-state index >= 15 is 0 Å². The molecule has 0 spiro atoms. The van der Waals surface area contributed by atoms with Crippen molar-refractivity contribution in [3.8, 4) is 11.8 Å². The van der Waals surface area contributed by atoms with Crippen LogP contribution in [0.1, 0.15) is 22.8 Å². The smallest absolute Gasteiger partial charge is 0.160 e. The zero-order valence-corrected chi connectivity index (χ0v) is 12.0. The maximum Gasteiger partial charge on any atom is 0.160 e. The van der Waals surface area contributed by atoms with Gasteiger partial charge in [0.15, 0.2) is 5.78 Å². The monoisotopic (exact) mass is 283 g/mol. The molecule has 0 amide bonds. The summed E-state index contributed by atoms with van der Waals surface area (Å²) in [4.78, 5) is 13.4. The summed E-state index contributed by atoms with van der Waals surface area (Å²) < 4.78 is 5.11. The van der Waals surface area contributed by atoms with Crippen LogP contribution in [0.2, 0.25) is 0 Å². The lowest BCUT2D eigenvalue weighted by Gasteiger charge is -2.08. The van der Waals surface area contributed by atoms with Crippen LogP contribution in [-0.4, -0.2) is 12.9 Å². The molecule has 0 radical (unpaired) electrons. The normalized spacial score (nSPS) is 9.85. The summed E-state index contributed by atoms with van der Waals surface area (Å²) in [6, 6.07) is 14.8. The maximum atomic E-state index is 11.6. The van der Waals surface area contributed by atoms with Gasteiger partial charge in [0.05, 0.1) is 18.7 Å². The van der Waals surface area contributed by atoms with Crippen molar-refractivity contribution in [3.05, 3.63) is 53.6 Å². The summed E-state index contributed by atoms with van der Waals surface area (Å²) in [6.07, 6.45) is 0. The van der Waals surface area contributed by atoms with Crippen molar-refractivity contribution in [2.45, 2.75) is 16.7 Å². The highest BCUT2D eigenvalue weighted by Crippen LogP contribution is 2.32. The standard InChI is InChI=1S/C16H13NO2S/c1-11(18)15-8-3-12(10-17)9-16(15)20-14-6-4-13(19-2)5-7-14/h3-9H,1-2H3. The highest BCUT2D eigenvalue weighted by Gasteiger charge is 2.10. The fourth-order valence-corrected chi connectivity index (χ4v) is 2.77. The Hall–Kier alpha value is -2.25. The average molecular weight is 283 g/mol. The molecule has 0 aliphatic rings. The van der Waals surface area contributed by atoms with Crippen LogP contribution in [0.3, 0.4) is 0 Å². The number of ether oxygens (including phenoxy) is 1. The van der Waals surface area contributed by atoms with Crippen LogP contribution in [0.4, 0.5) is 0 Å². The molecule has 2 aromatic rings. The topological polar surface area (TPSA) is 50.1 Å². The van der Waals surface area contributed by atoms with Crippen LogP contribution in [0.5, 0.6) is 5.75 Å². The number of ketones is 1. The van der Waals surface area contributed by atoms with Crippen molar-refractivity contribution in [1.82, 2.24) is 0 Å². The molecule has 0 N–H and O–H groups in total. The molecule has 3 nitrogen and oxygen atoms in total. The SMILES string of the molecule is COc1ccc(Sc2cc(C#N)ccc2C(C)=O)cc1. The Morgan fingerprint density at radius 1 is 1.20 bits per heavy atom. The molecule has 2 rings (SSSR count). The van der Waals surface area contributed by atoms with E-state index in [-0.39, 0.29) is 5.78 Å². The van der Waals surface area contributed by atoms with Gasteiger partial charge in [-0.05, 0) is 49.4 Å². The highest BCUT2D eigenvalue weighted by molar-refractivity contribution is 7.99. The minimum Gasteiger partial charge on any atom is -0.497 e. The quantitative estimate of drug-likeness (QED) is 0.798. The van der Waals surface area contributed by atoms with Gasteiger partial charge in [-0.15, -0.1) is 0 Å². The van der Waals surface area contributed by atoms with Crippen LogP contribution < -0.4 is 4.74 Å². The van der Waals surface area contributed by atoms with Crippen molar-refractivity contribution < 1.29 is 9.53 Å². The van der Waals surface area contributed by atoms with Crippen molar-refractivity contribution in [3.63, 3.8) is 0 Å². The number of carbonyl (C=O) groups excluding carboxylic acids is 1. The molecule has 0 saturated carbocycles. The molecule has 0 saturated heterocycles. The first-order chi connectivity index (χ1) is 9.63. The van der Waals surface area contributed by atoms with Crippen LogP contribution in [0.15, 0.2) is 52.3 Å². The Morgan fingerprint density at radius 2 is 1.90 bits per heavy atom. The van der Waals surface area contributed by atoms with Gasteiger partial charge in [-0.2, -0.15) is 5.26 Å². The summed E-state index contributed by atoms with van der Waals surface area (Å²) in [5.41, 5.74) is 1.18. The Kier molecular flexibility index (Phi) is 4.44. The molecule has 2 aromatic carbocycles. The molecule has 0 heterocycles. The largest absolute Gasteiger partial charge is 0.497 e. The second kappa shape index (κ2) is 6.27. The van der Waals surface area contributed by atoms with Crippen molar-refractivity contribution in [1.29, 1.82) is 5.26 Å². The molecular formula is C16H13NO2S. The number of rotatable bonds is 4. The molecule has 0 aliphatic heterocycles. The van der Waals surface area contributed by atoms with Crippen LogP contribution in [0.25, 0.3) is 0 Å². The van der Waals surface area contributed by atoms with Gasteiger partial charge in [-0.3, -0.25) is 4.79 Å². The van der Waals surface area contributed by atoms with Crippen LogP contribution >= 0.6 is 11.8 Å². The lowest BCUT2D eigenvalue weighted by Crippen LogP contribution is -1.95. The molecule has 0 aromatic heterocycles. The zero-order valence-electron chi connectivity index (χ0n) is 11.2. The minimum atomic E-state index is -0.00879. The first-order valence-electron chi connectivity index (χ1n) is 6.01. The summed E-state index contributed by atoms with van der Waals surface area (Å²) >= 11 is 1.46. The number of Topliss-reactive ketones (excluding diaryl/α,β-unsaturated/α-hetero) is 1. The second-order valence-corrected chi connectivity index (χ2v) is 5.27. The summed E-state index contributed by atoms with van der Waals surface area (Å²) in [5.74, 6) is 0.775. The summed E-state index contributed by atoms with van der Waals surface area (Å²) in [6.45, 7) is 1.53. The Labute approximate surface area is 122 Å². The van der Waals surface area contributed by atoms with E-state index in [9.17, 15) is 4.79 Å². The van der Waals surface area contributed by atoms with Gasteiger partial charge in [0.25, 0.3) is 0 Å². The van der Waals surface area contributed by atoms with Crippen LogP contribution in [0, 0.1) is 11.3 Å². The van der Waals surface area contributed by atoms with Gasteiger partial charge in [0, 0.05) is 15.4 Å². The lowest BCUT2D eigenvalue weighted by atomic mass is 10.1. The fraction of sp³-hybridized carbons (Fsp3) is 0.125. The predicted octanol–water partition coefficient (Wildman–Crippen LogP) is 3.92. The first-order valence-corrected chi connectivity index (χ1v) is 6.82. The Balaban J connectivity index is 2.35. The third-order valence-corrected chi connectivity index (χ3v) is 3.84. The van der Waals surface area contributed by atoms with Gasteiger partial charge in [-0.1, -0.05) is 11.8 Å². The first kappa shape index (κ1) is 14.2. The van der Waals surface area contributed by atoms with Gasteiger partial charge < -0.3 is 4.74 Å². The van der Waals surface area contributed by atoms with E-state index in [0.29, 0.717) is 11.1 Å². The van der Waals surface area contributed by atoms with E-state index in [1.165, 1.54) is 18.7 Å². The van der Waals surface area contributed by atoms with E-state index in [4.69, 9.17) is 10.00 Å². The third-order valence-electron chi connectivity index (χ3n) is 2.78. The number of hydrogen-bond donors (Lipinski definition) is 0. The minimum absolute atomic E-state index is 0.00879. The summed E-state index contributed by atoms with van der Waals surface area (Å²) in [7, 11) is 1.62. The van der Waals surface area contributed by atoms with E-state index in [1.807, 2.05) is 24.3 Å². The molecular weight excluding hydrogens is 270 g/mol. The van der Waals surface area contributed by atoms with E-state index in [0.717, 1.165) is 15.5 Å². The number of carbonyl (C=O) groups is 1. The van der Waals surface area contributed by atoms with E-state index in [2.05, 4.69) is 6.07 Å². The van der Waals surface area contributed by atoms with Gasteiger partial charge in [0.1, 0.15) is 5.75 Å². The predicted molar refractivity (Wildman–Crippen MR) is 78.3 cm³/mol. The third kappa shape index (κ3) is 3.19. The number of hydrogen-bond acceptors (Lipinski definition) is 4. The van der Waals surface area contributed by atoms with E-state index in [1.54, 1.807) is 25.3 Å². The molecule has 0 fully saturated rings. The van der Waals surface area contributed by atoms with Gasteiger partial charge in [-0.25, -0.2) is 0 Å². The van der Waals surface area contributed by atoms with Crippen molar-refractivity contribution in [2.24, 2.45) is 0 Å². The van der Waals surface area contributed by atoms with Gasteiger partial charge >= 0.3 is 0 Å². The number of nitrogens with zero attached hydrogens (tertiary/aromatic N) is 1. The zero-order chi connectivity index (χ0) is 14.5. The Morgan fingerprint density at radius 3 is 2.45 bits per heavy atom. The highest BCUT2D eigenvalue weighted by atomic mass is 32.2. The number of benzene rings is 2. The van der Waals surface area contributed by atoms with Crippen molar-refractivity contribution in [2.75, 3.05) is 7.11 Å². The maximum absolute atomic E-state index is 11.6. The lowest BCUT2D eigenvalue weighted by molar-refractivity contribution is 0.101. The molecule has 20 heavy (non-hydrogen) atoms.